The molecule has 0 aliphatic heterocycles. The first-order valence-electron chi connectivity index (χ1n) is 11.4. The minimum Gasteiger partial charge on any atom is -0.457 e. The number of ether oxygens (including phenoxy) is 3. The Bertz CT molecular complexity index is 1230. The summed E-state index contributed by atoms with van der Waals surface area (Å²) < 4.78 is 17.2. The van der Waals surface area contributed by atoms with Crippen LogP contribution in [0.4, 0.5) is 0 Å². The fraction of sp³-hybridized carbons (Fsp3) is 0.100. The molecule has 4 aromatic rings. The van der Waals surface area contributed by atoms with Crippen LogP contribution in [0.1, 0.15) is 36.6 Å². The summed E-state index contributed by atoms with van der Waals surface area (Å²) >= 11 is 0. The fourth-order valence-corrected chi connectivity index (χ4v) is 3.56. The molecular weight excluding hydrogens is 456 g/mol. The van der Waals surface area contributed by atoms with E-state index in [-0.39, 0.29) is 13.2 Å². The molecular formula is C30H24O6. The first kappa shape index (κ1) is 24.4. The lowest BCUT2D eigenvalue weighted by Gasteiger charge is -2.33. The van der Waals surface area contributed by atoms with Gasteiger partial charge in [-0.05, 0) is 36.4 Å². The van der Waals surface area contributed by atoms with Crippen molar-refractivity contribution >= 4 is 17.9 Å². The highest BCUT2D eigenvalue weighted by molar-refractivity contribution is 5.91. The van der Waals surface area contributed by atoms with Gasteiger partial charge in [0.25, 0.3) is 0 Å². The van der Waals surface area contributed by atoms with Crippen LogP contribution in [0.25, 0.3) is 0 Å². The van der Waals surface area contributed by atoms with Crippen molar-refractivity contribution < 1.29 is 28.6 Å². The molecule has 6 nitrogen and oxygen atoms in total. The number of benzene rings is 4. The van der Waals surface area contributed by atoms with Crippen molar-refractivity contribution in [1.29, 1.82) is 0 Å². The van der Waals surface area contributed by atoms with Crippen molar-refractivity contribution in [3.8, 4) is 0 Å². The lowest BCUT2D eigenvalue weighted by molar-refractivity contribution is -0.0893. The molecule has 180 valence electrons. The van der Waals surface area contributed by atoms with Crippen molar-refractivity contribution in [1.82, 2.24) is 0 Å². The quantitative estimate of drug-likeness (QED) is 0.234. The topological polar surface area (TPSA) is 78.9 Å². The van der Waals surface area contributed by atoms with E-state index in [1.807, 2.05) is 0 Å². The fourth-order valence-electron chi connectivity index (χ4n) is 3.56. The minimum absolute atomic E-state index is 0.307. The molecule has 0 aromatic heterocycles. The smallest absolute Gasteiger partial charge is 0.339 e. The van der Waals surface area contributed by atoms with E-state index in [2.05, 4.69) is 0 Å². The van der Waals surface area contributed by atoms with E-state index in [1.165, 1.54) is 0 Å². The van der Waals surface area contributed by atoms with Gasteiger partial charge in [0.05, 0.1) is 16.7 Å². The predicted octanol–water partition coefficient (Wildman–Crippen LogP) is 5.45. The Morgan fingerprint density at radius 3 is 1.19 bits per heavy atom. The summed E-state index contributed by atoms with van der Waals surface area (Å²) in [6.45, 7) is -0.739. The standard InChI is InChI=1S/C30H24O6/c31-27(23-13-5-1-6-14-23)34-21-30(26-19-11-4-12-20-26,36-29(33)25-17-9-3-10-18-25)22-35-28(32)24-15-7-2-8-16-24/h1-20H,21-22H2. The van der Waals surface area contributed by atoms with Crippen LogP contribution in [0.3, 0.4) is 0 Å². The molecule has 0 saturated heterocycles. The van der Waals surface area contributed by atoms with Gasteiger partial charge in [-0.25, -0.2) is 14.4 Å². The molecule has 0 heterocycles. The summed E-state index contributed by atoms with van der Waals surface area (Å²) in [7, 11) is 0. The lowest BCUT2D eigenvalue weighted by Crippen LogP contribution is -2.43. The molecule has 0 radical (unpaired) electrons. The number of rotatable bonds is 9. The number of esters is 3. The van der Waals surface area contributed by atoms with E-state index >= 15 is 0 Å². The summed E-state index contributed by atoms with van der Waals surface area (Å²) in [5.74, 6) is -1.84. The summed E-state index contributed by atoms with van der Waals surface area (Å²) in [5.41, 5.74) is -0.0916. The summed E-state index contributed by atoms with van der Waals surface area (Å²) in [6, 6.07) is 34.2. The van der Waals surface area contributed by atoms with Crippen LogP contribution < -0.4 is 0 Å². The van der Waals surface area contributed by atoms with Crippen LogP contribution in [-0.2, 0) is 19.8 Å². The maximum Gasteiger partial charge on any atom is 0.339 e. The number of hydrogen-bond acceptors (Lipinski definition) is 6. The molecule has 36 heavy (non-hydrogen) atoms. The second-order valence-corrected chi connectivity index (χ2v) is 8.00. The van der Waals surface area contributed by atoms with Gasteiger partial charge < -0.3 is 14.2 Å². The van der Waals surface area contributed by atoms with Crippen LogP contribution in [0.2, 0.25) is 0 Å². The average molecular weight is 481 g/mol. The van der Waals surface area contributed by atoms with Crippen molar-refractivity contribution in [2.75, 3.05) is 13.2 Å². The molecule has 6 heteroatoms. The predicted molar refractivity (Wildman–Crippen MR) is 133 cm³/mol. The second-order valence-electron chi connectivity index (χ2n) is 8.00. The van der Waals surface area contributed by atoms with Crippen molar-refractivity contribution in [3.63, 3.8) is 0 Å². The van der Waals surface area contributed by atoms with Crippen molar-refractivity contribution in [2.45, 2.75) is 5.60 Å². The zero-order chi connectivity index (χ0) is 25.2. The van der Waals surface area contributed by atoms with Gasteiger partial charge in [-0.3, -0.25) is 0 Å². The monoisotopic (exact) mass is 480 g/mol. The molecule has 0 bridgehead atoms. The van der Waals surface area contributed by atoms with Gasteiger partial charge in [-0.2, -0.15) is 0 Å². The van der Waals surface area contributed by atoms with Crippen molar-refractivity contribution in [3.05, 3.63) is 144 Å². The van der Waals surface area contributed by atoms with Crippen LogP contribution in [-0.4, -0.2) is 31.1 Å². The van der Waals surface area contributed by atoms with E-state index in [1.54, 1.807) is 121 Å². The summed E-state index contributed by atoms with van der Waals surface area (Å²) in [5, 5.41) is 0. The first-order chi connectivity index (χ1) is 17.6. The number of carbonyl (C=O) groups is 3. The third-order valence-corrected chi connectivity index (χ3v) is 5.49. The zero-order valence-electron chi connectivity index (χ0n) is 19.4. The molecule has 0 fully saturated rings. The maximum absolute atomic E-state index is 13.2. The highest BCUT2D eigenvalue weighted by atomic mass is 16.6. The third kappa shape index (κ3) is 6.04. The number of carbonyl (C=O) groups excluding carboxylic acids is 3. The van der Waals surface area contributed by atoms with Gasteiger partial charge in [0.15, 0.2) is 0 Å². The van der Waals surface area contributed by atoms with E-state index < -0.39 is 23.5 Å². The molecule has 0 N–H and O–H groups in total. The SMILES string of the molecule is O=C(OCC(COC(=O)c1ccccc1)(OC(=O)c1ccccc1)c1ccccc1)c1ccccc1. The summed E-state index contributed by atoms with van der Waals surface area (Å²) in [4.78, 5) is 38.7. The van der Waals surface area contributed by atoms with Crippen LogP contribution >= 0.6 is 0 Å². The van der Waals surface area contributed by atoms with Crippen LogP contribution in [0.15, 0.2) is 121 Å². The highest BCUT2D eigenvalue weighted by Crippen LogP contribution is 2.29. The Labute approximate surface area is 209 Å². The molecule has 0 aliphatic carbocycles. The normalized spacial score (nSPS) is 10.8. The van der Waals surface area contributed by atoms with E-state index in [4.69, 9.17) is 14.2 Å². The van der Waals surface area contributed by atoms with Gasteiger partial charge in [0.2, 0.25) is 5.60 Å². The molecule has 0 amide bonds. The maximum atomic E-state index is 13.2. The largest absolute Gasteiger partial charge is 0.457 e. The number of hydrogen-bond donors (Lipinski definition) is 0. The van der Waals surface area contributed by atoms with Gasteiger partial charge in [-0.1, -0.05) is 84.9 Å². The molecule has 4 rings (SSSR count). The van der Waals surface area contributed by atoms with Crippen LogP contribution in [0, 0.1) is 0 Å². The Balaban J connectivity index is 1.66. The van der Waals surface area contributed by atoms with Gasteiger partial charge in [0.1, 0.15) is 13.2 Å². The lowest BCUT2D eigenvalue weighted by atomic mass is 9.94. The average Bonchev–Trinajstić information content (AvgIpc) is 2.96. The third-order valence-electron chi connectivity index (χ3n) is 5.49. The van der Waals surface area contributed by atoms with Crippen molar-refractivity contribution in [2.24, 2.45) is 0 Å². The second kappa shape index (κ2) is 11.6. The van der Waals surface area contributed by atoms with E-state index in [9.17, 15) is 14.4 Å². The Morgan fingerprint density at radius 1 is 0.472 bits per heavy atom. The minimum atomic E-state index is -1.59. The molecule has 0 spiro atoms. The molecule has 0 atom stereocenters. The van der Waals surface area contributed by atoms with E-state index in [0.717, 1.165) is 0 Å². The summed E-state index contributed by atoms with van der Waals surface area (Å²) in [6.07, 6.45) is 0. The highest BCUT2D eigenvalue weighted by Gasteiger charge is 2.40. The molecule has 0 saturated carbocycles. The van der Waals surface area contributed by atoms with Gasteiger partial charge >= 0.3 is 17.9 Å². The molecule has 0 unspecified atom stereocenters. The molecule has 4 aromatic carbocycles. The zero-order valence-corrected chi connectivity index (χ0v) is 19.4. The van der Waals surface area contributed by atoms with E-state index in [0.29, 0.717) is 22.3 Å². The first-order valence-corrected chi connectivity index (χ1v) is 11.4. The van der Waals surface area contributed by atoms with Gasteiger partial charge in [-0.15, -0.1) is 0 Å². The molecule has 0 aliphatic rings. The van der Waals surface area contributed by atoms with Crippen LogP contribution in [0.5, 0.6) is 0 Å². The Morgan fingerprint density at radius 2 is 0.806 bits per heavy atom. The Kier molecular flexibility index (Phi) is 7.88. The Hall–Kier alpha value is -4.71. The van der Waals surface area contributed by atoms with Gasteiger partial charge in [0, 0.05) is 5.56 Å².